The van der Waals surface area contributed by atoms with Crippen LogP contribution in [0.5, 0.6) is 11.5 Å². The van der Waals surface area contributed by atoms with E-state index in [1.165, 1.54) is 0 Å². The van der Waals surface area contributed by atoms with Crippen molar-refractivity contribution in [1.29, 1.82) is 0 Å². The van der Waals surface area contributed by atoms with Crippen molar-refractivity contribution >= 4 is 29.1 Å². The first-order valence-electron chi connectivity index (χ1n) is 8.17. The summed E-state index contributed by atoms with van der Waals surface area (Å²) in [5.41, 5.74) is 6.83. The molecule has 0 radical (unpaired) electrons. The monoisotopic (exact) mass is 387 g/mol. The average Bonchev–Trinajstić information content (AvgIpc) is 2.66. The second kappa shape index (κ2) is 10.1. The highest BCUT2D eigenvalue weighted by Gasteiger charge is 2.08. The van der Waals surface area contributed by atoms with Crippen LogP contribution in [0.15, 0.2) is 48.5 Å². The maximum Gasteiger partial charge on any atom is 0.264 e. The summed E-state index contributed by atoms with van der Waals surface area (Å²) in [7, 11) is 1.58. The van der Waals surface area contributed by atoms with E-state index >= 15 is 0 Å². The second-order valence-electron chi connectivity index (χ2n) is 5.68. The highest BCUT2D eigenvalue weighted by molar-refractivity contribution is 7.80. The summed E-state index contributed by atoms with van der Waals surface area (Å²) in [4.78, 5) is 23.7. The number of ether oxygens (including phenoxy) is 2. The Bertz CT molecular complexity index is 792. The predicted molar refractivity (Wildman–Crippen MR) is 105 cm³/mol. The van der Waals surface area contributed by atoms with Gasteiger partial charge in [0.1, 0.15) is 11.5 Å². The van der Waals surface area contributed by atoms with E-state index in [2.05, 4.69) is 16.2 Å². The molecule has 0 heterocycles. The molecular weight excluding hydrogens is 366 g/mol. The van der Waals surface area contributed by atoms with Crippen molar-refractivity contribution in [2.24, 2.45) is 0 Å². The van der Waals surface area contributed by atoms with E-state index in [1.807, 2.05) is 19.1 Å². The highest BCUT2D eigenvalue weighted by atomic mass is 32.1. The van der Waals surface area contributed by atoms with Crippen molar-refractivity contribution in [3.8, 4) is 11.5 Å². The molecule has 0 aromatic heterocycles. The zero-order valence-corrected chi connectivity index (χ0v) is 15.9. The molecule has 2 aromatic rings. The molecule has 0 unspecified atom stereocenters. The fourth-order valence-corrected chi connectivity index (χ4v) is 2.24. The minimum absolute atomic E-state index is 0.0180. The Labute approximate surface area is 163 Å². The minimum Gasteiger partial charge on any atom is -0.497 e. The molecule has 2 aromatic carbocycles. The van der Waals surface area contributed by atoms with Gasteiger partial charge >= 0.3 is 0 Å². The van der Waals surface area contributed by atoms with Crippen LogP contribution in [0.2, 0.25) is 0 Å². The fraction of sp³-hybridized carbons (Fsp3) is 0.211. The third-order valence-corrected chi connectivity index (χ3v) is 3.69. The molecule has 142 valence electrons. The second-order valence-corrected chi connectivity index (χ2v) is 6.09. The van der Waals surface area contributed by atoms with Crippen LogP contribution in [0.4, 0.5) is 0 Å². The van der Waals surface area contributed by atoms with Gasteiger partial charge in [-0.2, -0.15) is 0 Å². The number of nitrogens with one attached hydrogen (secondary N) is 3. The van der Waals surface area contributed by atoms with Crippen molar-refractivity contribution < 1.29 is 19.1 Å². The topological polar surface area (TPSA) is 88.7 Å². The normalized spacial score (nSPS) is 9.85. The minimum atomic E-state index is -0.433. The predicted octanol–water partition coefficient (Wildman–Crippen LogP) is 1.65. The van der Waals surface area contributed by atoms with Crippen molar-refractivity contribution in [2.45, 2.75) is 13.3 Å². The number of carbonyl (C=O) groups is 2. The summed E-state index contributed by atoms with van der Waals surface area (Å²) in [5, 5.41) is 2.40. The van der Waals surface area contributed by atoms with Crippen LogP contribution in [-0.2, 0) is 16.0 Å². The SMILES string of the molecule is COc1ccc(CC(=O)NNC(=S)NC(=O)COc2ccc(C)cc2)cc1. The molecule has 3 N–H and O–H groups in total. The van der Waals surface area contributed by atoms with Gasteiger partial charge in [-0.25, -0.2) is 0 Å². The van der Waals surface area contributed by atoms with Gasteiger partial charge in [-0.15, -0.1) is 0 Å². The van der Waals surface area contributed by atoms with E-state index in [4.69, 9.17) is 21.7 Å². The van der Waals surface area contributed by atoms with Crippen molar-refractivity contribution in [2.75, 3.05) is 13.7 Å². The number of thiocarbonyl (C=S) groups is 1. The zero-order chi connectivity index (χ0) is 19.6. The number of amides is 2. The van der Waals surface area contributed by atoms with Crippen LogP contribution in [0.1, 0.15) is 11.1 Å². The molecule has 27 heavy (non-hydrogen) atoms. The van der Waals surface area contributed by atoms with Gasteiger partial charge in [-0.3, -0.25) is 25.8 Å². The number of carbonyl (C=O) groups excluding carboxylic acids is 2. The lowest BCUT2D eigenvalue weighted by atomic mass is 10.1. The molecule has 0 spiro atoms. The van der Waals surface area contributed by atoms with Crippen molar-refractivity contribution in [3.05, 3.63) is 59.7 Å². The van der Waals surface area contributed by atoms with Gasteiger partial charge in [0.25, 0.3) is 5.91 Å². The Morgan fingerprint density at radius 1 is 0.926 bits per heavy atom. The molecule has 0 aliphatic carbocycles. The molecule has 0 fully saturated rings. The summed E-state index contributed by atoms with van der Waals surface area (Å²) in [6.45, 7) is 1.77. The number of benzene rings is 2. The Balaban J connectivity index is 1.67. The quantitative estimate of drug-likeness (QED) is 0.516. The lowest BCUT2D eigenvalue weighted by Crippen LogP contribution is -2.49. The lowest BCUT2D eigenvalue weighted by molar-refractivity contribution is -0.122. The molecule has 2 rings (SSSR count). The Morgan fingerprint density at radius 3 is 2.19 bits per heavy atom. The van der Waals surface area contributed by atoms with Crippen LogP contribution in [0.3, 0.4) is 0 Å². The molecule has 7 nitrogen and oxygen atoms in total. The summed E-state index contributed by atoms with van der Waals surface area (Å²) in [6.07, 6.45) is 0.157. The first-order valence-corrected chi connectivity index (χ1v) is 8.58. The molecule has 0 atom stereocenters. The van der Waals surface area contributed by atoms with Gasteiger partial charge in [-0.05, 0) is 49.0 Å². The van der Waals surface area contributed by atoms with E-state index in [-0.39, 0.29) is 24.0 Å². The number of aryl methyl sites for hydroxylation is 1. The van der Waals surface area contributed by atoms with Gasteiger partial charge in [0.05, 0.1) is 13.5 Å². The van der Waals surface area contributed by atoms with E-state index in [0.717, 1.165) is 11.1 Å². The molecule has 0 saturated carbocycles. The molecule has 0 aliphatic rings. The van der Waals surface area contributed by atoms with Gasteiger partial charge < -0.3 is 9.47 Å². The molecule has 0 aliphatic heterocycles. The summed E-state index contributed by atoms with van der Waals surface area (Å²) in [5.74, 6) is 0.571. The standard InChI is InChI=1S/C19H21N3O4S/c1-13-3-7-16(8-4-13)26-12-18(24)20-19(27)22-21-17(23)11-14-5-9-15(25-2)10-6-14/h3-10H,11-12H2,1-2H3,(H,21,23)(H2,20,22,24,27). The smallest absolute Gasteiger partial charge is 0.264 e. The van der Waals surface area contributed by atoms with Gasteiger partial charge in [-0.1, -0.05) is 29.8 Å². The van der Waals surface area contributed by atoms with Crippen LogP contribution in [-0.4, -0.2) is 30.6 Å². The number of hydrazine groups is 1. The first-order chi connectivity index (χ1) is 13.0. The summed E-state index contributed by atoms with van der Waals surface area (Å²) in [6, 6.07) is 14.5. The third-order valence-electron chi connectivity index (χ3n) is 3.48. The first kappa shape index (κ1) is 20.2. The van der Waals surface area contributed by atoms with Crippen LogP contribution in [0, 0.1) is 6.92 Å². The lowest BCUT2D eigenvalue weighted by Gasteiger charge is -2.11. The molecule has 0 saturated heterocycles. The number of hydrogen-bond acceptors (Lipinski definition) is 5. The Kier molecular flexibility index (Phi) is 7.57. The summed E-state index contributed by atoms with van der Waals surface area (Å²) < 4.78 is 10.4. The van der Waals surface area contributed by atoms with E-state index < -0.39 is 5.91 Å². The van der Waals surface area contributed by atoms with Crippen LogP contribution < -0.4 is 25.6 Å². The van der Waals surface area contributed by atoms with Gasteiger partial charge in [0, 0.05) is 0 Å². The van der Waals surface area contributed by atoms with E-state index in [1.54, 1.807) is 43.5 Å². The number of hydrogen-bond donors (Lipinski definition) is 3. The van der Waals surface area contributed by atoms with Crippen molar-refractivity contribution in [1.82, 2.24) is 16.2 Å². The Morgan fingerprint density at radius 2 is 1.56 bits per heavy atom. The van der Waals surface area contributed by atoms with Gasteiger partial charge in [0.15, 0.2) is 11.7 Å². The largest absolute Gasteiger partial charge is 0.497 e. The maximum atomic E-state index is 11.9. The Hall–Kier alpha value is -3.13. The fourth-order valence-electron chi connectivity index (χ4n) is 2.08. The molecule has 0 bridgehead atoms. The highest BCUT2D eigenvalue weighted by Crippen LogP contribution is 2.12. The van der Waals surface area contributed by atoms with Crippen LogP contribution >= 0.6 is 12.2 Å². The van der Waals surface area contributed by atoms with Crippen LogP contribution in [0.25, 0.3) is 0 Å². The van der Waals surface area contributed by atoms with Gasteiger partial charge in [0.2, 0.25) is 5.91 Å². The summed E-state index contributed by atoms with van der Waals surface area (Å²) >= 11 is 4.96. The number of rotatable bonds is 6. The van der Waals surface area contributed by atoms with E-state index in [9.17, 15) is 9.59 Å². The number of methoxy groups -OCH3 is 1. The molecule has 2 amide bonds. The molecular formula is C19H21N3O4S. The van der Waals surface area contributed by atoms with Crippen molar-refractivity contribution in [3.63, 3.8) is 0 Å². The maximum absolute atomic E-state index is 11.9. The third kappa shape index (κ3) is 7.33. The zero-order valence-electron chi connectivity index (χ0n) is 15.1. The van der Waals surface area contributed by atoms with E-state index in [0.29, 0.717) is 11.5 Å². The average molecular weight is 387 g/mol. The molecule has 8 heteroatoms.